The number of nitrogens with two attached hydrogens (primary N) is 1. The fourth-order valence-corrected chi connectivity index (χ4v) is 2.69. The molecule has 2 N–H and O–H groups in total. The molecule has 1 aromatic carbocycles. The highest BCUT2D eigenvalue weighted by Gasteiger charge is 2.22. The van der Waals surface area contributed by atoms with Gasteiger partial charge in [0, 0.05) is 6.04 Å². The van der Waals surface area contributed by atoms with E-state index in [1.807, 2.05) is 0 Å². The summed E-state index contributed by atoms with van der Waals surface area (Å²) >= 11 is 0. The second-order valence-corrected chi connectivity index (χ2v) is 5.29. The van der Waals surface area contributed by atoms with Crippen molar-refractivity contribution in [3.63, 3.8) is 0 Å². The maximum Gasteiger partial charge on any atom is 0.0730 e. The summed E-state index contributed by atoms with van der Waals surface area (Å²) in [4.78, 5) is 0. The third-order valence-corrected chi connectivity index (χ3v) is 3.50. The van der Waals surface area contributed by atoms with Gasteiger partial charge in [-0.05, 0) is 32.3 Å². The highest BCUT2D eigenvalue weighted by molar-refractivity contribution is 5.28. The van der Waals surface area contributed by atoms with Crippen LogP contribution in [-0.2, 0) is 11.3 Å². The second kappa shape index (κ2) is 5.65. The van der Waals surface area contributed by atoms with Crippen LogP contribution in [0.15, 0.2) is 18.2 Å². The molecule has 0 heterocycles. The quantitative estimate of drug-likeness (QED) is 0.870. The lowest BCUT2D eigenvalue weighted by Gasteiger charge is -2.28. The van der Waals surface area contributed by atoms with Crippen LogP contribution in [0.25, 0.3) is 0 Å². The van der Waals surface area contributed by atoms with Crippen LogP contribution in [0.5, 0.6) is 0 Å². The normalized spacial score (nSPS) is 24.9. The lowest BCUT2D eigenvalue weighted by Crippen LogP contribution is -2.39. The molecular formula is C15H23NO. The average molecular weight is 233 g/mol. The van der Waals surface area contributed by atoms with Crippen molar-refractivity contribution < 1.29 is 4.74 Å². The van der Waals surface area contributed by atoms with Gasteiger partial charge in [0.2, 0.25) is 0 Å². The molecule has 2 unspecified atom stereocenters. The van der Waals surface area contributed by atoms with Gasteiger partial charge >= 0.3 is 0 Å². The van der Waals surface area contributed by atoms with E-state index in [0.717, 1.165) is 12.8 Å². The van der Waals surface area contributed by atoms with E-state index in [-0.39, 0.29) is 12.1 Å². The Morgan fingerprint density at radius 1 is 1.12 bits per heavy atom. The smallest absolute Gasteiger partial charge is 0.0730 e. The van der Waals surface area contributed by atoms with Crippen LogP contribution in [0.1, 0.15) is 42.4 Å². The Kier molecular flexibility index (Phi) is 4.19. The van der Waals surface area contributed by atoms with Crippen LogP contribution in [0.2, 0.25) is 0 Å². The second-order valence-electron chi connectivity index (χ2n) is 5.29. The first-order valence-electron chi connectivity index (χ1n) is 6.59. The van der Waals surface area contributed by atoms with Gasteiger partial charge in [0.1, 0.15) is 0 Å². The Balaban J connectivity index is 1.92. The van der Waals surface area contributed by atoms with Gasteiger partial charge in [0.25, 0.3) is 0 Å². The van der Waals surface area contributed by atoms with Gasteiger partial charge in [-0.25, -0.2) is 0 Å². The zero-order valence-corrected chi connectivity index (χ0v) is 10.9. The van der Waals surface area contributed by atoms with Gasteiger partial charge < -0.3 is 10.5 Å². The fraction of sp³-hybridized carbons (Fsp3) is 0.600. The number of ether oxygens (including phenoxy) is 1. The Bertz CT molecular complexity index is 355. The Hall–Kier alpha value is -0.860. The Labute approximate surface area is 104 Å². The highest BCUT2D eigenvalue weighted by Crippen LogP contribution is 2.21. The summed E-state index contributed by atoms with van der Waals surface area (Å²) in [6, 6.07) is 6.81. The summed E-state index contributed by atoms with van der Waals surface area (Å²) < 4.78 is 5.97. The van der Waals surface area contributed by atoms with Gasteiger partial charge in [-0.15, -0.1) is 0 Å². The van der Waals surface area contributed by atoms with E-state index in [4.69, 9.17) is 10.5 Å². The molecule has 2 heteroatoms. The van der Waals surface area contributed by atoms with Crippen molar-refractivity contribution >= 4 is 0 Å². The minimum atomic E-state index is 0.231. The minimum absolute atomic E-state index is 0.231. The molecule has 2 rings (SSSR count). The molecule has 2 nitrogen and oxygen atoms in total. The molecule has 17 heavy (non-hydrogen) atoms. The fourth-order valence-electron chi connectivity index (χ4n) is 2.69. The van der Waals surface area contributed by atoms with Gasteiger partial charge in [-0.2, -0.15) is 0 Å². The summed E-state index contributed by atoms with van der Waals surface area (Å²) in [5.41, 5.74) is 9.95. The molecule has 94 valence electrons. The molecular weight excluding hydrogens is 210 g/mol. The first kappa shape index (κ1) is 12.6. The van der Waals surface area contributed by atoms with Gasteiger partial charge in [0.15, 0.2) is 0 Å². The first-order chi connectivity index (χ1) is 8.15. The molecule has 0 aromatic heterocycles. The summed E-state index contributed by atoms with van der Waals surface area (Å²) in [6.07, 6.45) is 4.99. The van der Waals surface area contributed by atoms with Crippen molar-refractivity contribution in [2.75, 3.05) is 0 Å². The van der Waals surface area contributed by atoms with Crippen LogP contribution in [0.4, 0.5) is 0 Å². The van der Waals surface area contributed by atoms with Crippen molar-refractivity contribution in [3.05, 3.63) is 34.9 Å². The molecule has 1 fully saturated rings. The van der Waals surface area contributed by atoms with E-state index < -0.39 is 0 Å². The number of benzene rings is 1. The number of hydrogen-bond acceptors (Lipinski definition) is 2. The lowest BCUT2D eigenvalue weighted by atomic mass is 9.93. The SMILES string of the molecule is Cc1cc(C)cc(COC2CCCCC2N)c1. The van der Waals surface area contributed by atoms with E-state index in [0.29, 0.717) is 6.61 Å². The molecule has 0 bridgehead atoms. The topological polar surface area (TPSA) is 35.2 Å². The lowest BCUT2D eigenvalue weighted by molar-refractivity contribution is 0.00401. The maximum atomic E-state index is 6.08. The Morgan fingerprint density at radius 3 is 2.41 bits per heavy atom. The summed E-state index contributed by atoms with van der Waals surface area (Å²) in [5, 5.41) is 0. The number of rotatable bonds is 3. The van der Waals surface area contributed by atoms with Crippen molar-refractivity contribution in [3.8, 4) is 0 Å². The van der Waals surface area contributed by atoms with Gasteiger partial charge in [-0.1, -0.05) is 42.2 Å². The zero-order chi connectivity index (χ0) is 12.3. The number of hydrogen-bond donors (Lipinski definition) is 1. The standard InChI is InChI=1S/C15H23NO/c1-11-7-12(2)9-13(8-11)10-17-15-6-4-3-5-14(15)16/h7-9,14-15H,3-6,10,16H2,1-2H3. The van der Waals surface area contributed by atoms with Gasteiger partial charge in [-0.3, -0.25) is 0 Å². The summed E-state index contributed by atoms with van der Waals surface area (Å²) in [5.74, 6) is 0. The predicted molar refractivity (Wildman–Crippen MR) is 70.9 cm³/mol. The molecule has 2 atom stereocenters. The van der Waals surface area contributed by atoms with Crippen molar-refractivity contribution in [1.82, 2.24) is 0 Å². The van der Waals surface area contributed by atoms with Gasteiger partial charge in [0.05, 0.1) is 12.7 Å². The van der Waals surface area contributed by atoms with Crippen LogP contribution in [-0.4, -0.2) is 12.1 Å². The van der Waals surface area contributed by atoms with Crippen LogP contribution in [0, 0.1) is 13.8 Å². The molecule has 1 saturated carbocycles. The molecule has 0 spiro atoms. The van der Waals surface area contributed by atoms with E-state index in [2.05, 4.69) is 32.0 Å². The predicted octanol–water partition coefficient (Wildman–Crippen LogP) is 3.09. The van der Waals surface area contributed by atoms with Crippen molar-refractivity contribution in [1.29, 1.82) is 0 Å². The third-order valence-electron chi connectivity index (χ3n) is 3.50. The summed E-state index contributed by atoms with van der Waals surface area (Å²) in [7, 11) is 0. The third kappa shape index (κ3) is 3.55. The highest BCUT2D eigenvalue weighted by atomic mass is 16.5. The molecule has 0 saturated heterocycles. The minimum Gasteiger partial charge on any atom is -0.372 e. The molecule has 0 amide bonds. The van der Waals surface area contributed by atoms with Crippen molar-refractivity contribution in [2.24, 2.45) is 5.73 Å². The van der Waals surface area contributed by atoms with E-state index in [9.17, 15) is 0 Å². The molecule has 0 radical (unpaired) electrons. The monoisotopic (exact) mass is 233 g/mol. The molecule has 1 aliphatic rings. The van der Waals surface area contributed by atoms with Crippen LogP contribution >= 0.6 is 0 Å². The summed E-state index contributed by atoms with van der Waals surface area (Å²) in [6.45, 7) is 4.95. The van der Waals surface area contributed by atoms with E-state index in [1.54, 1.807) is 0 Å². The Morgan fingerprint density at radius 2 is 1.76 bits per heavy atom. The molecule has 0 aliphatic heterocycles. The van der Waals surface area contributed by atoms with Crippen LogP contribution in [0.3, 0.4) is 0 Å². The van der Waals surface area contributed by atoms with E-state index in [1.165, 1.54) is 29.5 Å². The molecule has 1 aliphatic carbocycles. The maximum absolute atomic E-state index is 6.08. The average Bonchev–Trinajstić information content (AvgIpc) is 2.27. The zero-order valence-electron chi connectivity index (χ0n) is 10.9. The number of aryl methyl sites for hydroxylation is 2. The van der Waals surface area contributed by atoms with Crippen molar-refractivity contribution in [2.45, 2.75) is 58.3 Å². The first-order valence-corrected chi connectivity index (χ1v) is 6.59. The van der Waals surface area contributed by atoms with E-state index >= 15 is 0 Å². The van der Waals surface area contributed by atoms with Crippen LogP contribution < -0.4 is 5.73 Å². The molecule has 1 aromatic rings. The largest absolute Gasteiger partial charge is 0.372 e.